The van der Waals surface area contributed by atoms with Crippen molar-refractivity contribution < 1.29 is 23.5 Å². The van der Waals surface area contributed by atoms with Crippen molar-refractivity contribution in [2.24, 2.45) is 5.92 Å². The predicted octanol–water partition coefficient (Wildman–Crippen LogP) is 1.54. The molecule has 1 amide bonds. The molecule has 1 aliphatic rings. The Labute approximate surface area is 102 Å². The highest BCUT2D eigenvalue weighted by molar-refractivity contribution is 5.97. The Balaban J connectivity index is 2.39. The van der Waals surface area contributed by atoms with Gasteiger partial charge in [-0.1, -0.05) is 18.2 Å². The third-order valence-electron chi connectivity index (χ3n) is 2.95. The minimum absolute atomic E-state index is 0.213. The third-order valence-corrected chi connectivity index (χ3v) is 2.95. The molecule has 0 bridgehead atoms. The summed E-state index contributed by atoms with van der Waals surface area (Å²) in [5, 5.41) is 8.98. The van der Waals surface area contributed by atoms with Crippen LogP contribution in [0.5, 0.6) is 0 Å². The van der Waals surface area contributed by atoms with E-state index in [9.17, 15) is 18.4 Å². The molecule has 0 saturated carbocycles. The van der Waals surface area contributed by atoms with Gasteiger partial charge in [-0.15, -0.1) is 0 Å². The van der Waals surface area contributed by atoms with Crippen LogP contribution >= 0.6 is 0 Å². The molecule has 0 aliphatic carbocycles. The fraction of sp³-hybridized carbons (Fsp3) is 0.333. The summed E-state index contributed by atoms with van der Waals surface area (Å²) < 4.78 is 25.0. The lowest BCUT2D eigenvalue weighted by molar-refractivity contribution is -0.141. The van der Waals surface area contributed by atoms with Crippen LogP contribution in [0.1, 0.15) is 5.56 Å². The number of para-hydroxylation sites is 1. The average molecular weight is 255 g/mol. The number of carbonyl (C=O) groups excluding carboxylic acids is 1. The number of carboxylic acids is 1. The number of amides is 1. The lowest BCUT2D eigenvalue weighted by Crippen LogP contribution is -2.45. The monoisotopic (exact) mass is 255 g/mol. The number of halogens is 2. The van der Waals surface area contributed by atoms with E-state index in [-0.39, 0.29) is 13.0 Å². The molecule has 0 saturated heterocycles. The maximum Gasteiger partial charge on any atom is 0.316 e. The lowest BCUT2D eigenvalue weighted by Gasteiger charge is -2.32. The molecule has 1 aromatic carbocycles. The molecule has 1 N–H and O–H groups in total. The van der Waals surface area contributed by atoms with Gasteiger partial charge in [-0.2, -0.15) is 8.78 Å². The molecule has 0 radical (unpaired) electrons. The minimum Gasteiger partial charge on any atom is -0.481 e. The second-order valence-electron chi connectivity index (χ2n) is 4.12. The second-order valence-corrected chi connectivity index (χ2v) is 4.12. The zero-order valence-electron chi connectivity index (χ0n) is 9.35. The Kier molecular flexibility index (Phi) is 3.27. The molecule has 0 spiro atoms. The first-order chi connectivity index (χ1) is 8.50. The van der Waals surface area contributed by atoms with Gasteiger partial charge in [0.2, 0.25) is 0 Å². The summed E-state index contributed by atoms with van der Waals surface area (Å²) in [6.45, 7) is -0.213. The van der Waals surface area contributed by atoms with Crippen LogP contribution < -0.4 is 4.90 Å². The fourth-order valence-electron chi connectivity index (χ4n) is 2.09. The number of carbonyl (C=O) groups is 2. The number of alkyl halides is 2. The van der Waals surface area contributed by atoms with Crippen LogP contribution in [0.3, 0.4) is 0 Å². The SMILES string of the molecule is O=C(O)C1Cc2ccccc2N(C(=O)C(F)F)C1. The number of fused-ring (bicyclic) bond motifs is 1. The number of hydrogen-bond acceptors (Lipinski definition) is 2. The topological polar surface area (TPSA) is 57.6 Å². The summed E-state index contributed by atoms with van der Waals surface area (Å²) in [7, 11) is 0. The predicted molar refractivity (Wildman–Crippen MR) is 59.6 cm³/mol. The van der Waals surface area contributed by atoms with Crippen LogP contribution in [0.25, 0.3) is 0 Å². The van der Waals surface area contributed by atoms with Gasteiger partial charge in [-0.25, -0.2) is 0 Å². The molecule has 1 atom stereocenters. The Bertz CT molecular complexity index is 490. The number of nitrogens with zero attached hydrogens (tertiary/aromatic N) is 1. The van der Waals surface area contributed by atoms with Crippen LogP contribution in [-0.4, -0.2) is 30.0 Å². The van der Waals surface area contributed by atoms with E-state index >= 15 is 0 Å². The van der Waals surface area contributed by atoms with E-state index in [1.165, 1.54) is 0 Å². The van der Waals surface area contributed by atoms with Crippen molar-refractivity contribution in [3.8, 4) is 0 Å². The zero-order valence-corrected chi connectivity index (χ0v) is 9.35. The van der Waals surface area contributed by atoms with Gasteiger partial charge in [-0.05, 0) is 18.1 Å². The normalized spacial score (nSPS) is 18.6. The molecule has 0 fully saturated rings. The molecule has 1 unspecified atom stereocenters. The summed E-state index contributed by atoms with van der Waals surface area (Å²) in [5.41, 5.74) is 0.977. The summed E-state index contributed by atoms with van der Waals surface area (Å²) in [4.78, 5) is 23.3. The Morgan fingerprint density at radius 2 is 2.00 bits per heavy atom. The standard InChI is InChI=1S/C12H11F2NO3/c13-10(14)11(16)15-6-8(12(17)18)5-7-3-1-2-4-9(7)15/h1-4,8,10H,5-6H2,(H,17,18). The molecule has 4 nitrogen and oxygen atoms in total. The van der Waals surface area contributed by atoms with Crippen molar-refractivity contribution >= 4 is 17.6 Å². The van der Waals surface area contributed by atoms with Crippen LogP contribution in [0.4, 0.5) is 14.5 Å². The van der Waals surface area contributed by atoms with E-state index < -0.39 is 24.2 Å². The molecule has 96 valence electrons. The van der Waals surface area contributed by atoms with E-state index in [1.54, 1.807) is 24.3 Å². The average Bonchev–Trinajstić information content (AvgIpc) is 2.36. The van der Waals surface area contributed by atoms with E-state index in [2.05, 4.69) is 0 Å². The summed E-state index contributed by atoms with van der Waals surface area (Å²) in [6, 6.07) is 6.52. The van der Waals surface area contributed by atoms with Crippen LogP contribution in [-0.2, 0) is 16.0 Å². The largest absolute Gasteiger partial charge is 0.481 e. The van der Waals surface area contributed by atoms with E-state index in [0.29, 0.717) is 11.3 Å². The van der Waals surface area contributed by atoms with E-state index in [0.717, 1.165) is 4.90 Å². The number of benzene rings is 1. The number of anilines is 1. The molecule has 2 rings (SSSR count). The van der Waals surface area contributed by atoms with E-state index in [4.69, 9.17) is 5.11 Å². The van der Waals surface area contributed by atoms with Crippen molar-refractivity contribution in [2.45, 2.75) is 12.8 Å². The van der Waals surface area contributed by atoms with Gasteiger partial charge in [0.1, 0.15) is 0 Å². The van der Waals surface area contributed by atoms with Crippen molar-refractivity contribution in [3.05, 3.63) is 29.8 Å². The van der Waals surface area contributed by atoms with Crippen molar-refractivity contribution in [2.75, 3.05) is 11.4 Å². The summed E-state index contributed by atoms with van der Waals surface area (Å²) in [5.74, 6) is -3.28. The lowest BCUT2D eigenvalue weighted by atomic mass is 9.92. The first kappa shape index (κ1) is 12.5. The highest BCUT2D eigenvalue weighted by atomic mass is 19.3. The quantitative estimate of drug-likeness (QED) is 0.872. The van der Waals surface area contributed by atoms with Gasteiger partial charge in [0.15, 0.2) is 0 Å². The number of carboxylic acid groups (broad SMARTS) is 1. The number of hydrogen-bond donors (Lipinski definition) is 1. The minimum atomic E-state index is -3.13. The molecular weight excluding hydrogens is 244 g/mol. The zero-order chi connectivity index (χ0) is 13.3. The Morgan fingerprint density at radius 1 is 1.33 bits per heavy atom. The van der Waals surface area contributed by atoms with Gasteiger partial charge in [0.05, 0.1) is 5.92 Å². The van der Waals surface area contributed by atoms with Crippen molar-refractivity contribution in [3.63, 3.8) is 0 Å². The van der Waals surface area contributed by atoms with Crippen LogP contribution in [0, 0.1) is 5.92 Å². The van der Waals surface area contributed by atoms with Gasteiger partial charge in [-0.3, -0.25) is 9.59 Å². The van der Waals surface area contributed by atoms with Gasteiger partial charge < -0.3 is 10.0 Å². The molecule has 1 aliphatic heterocycles. The maximum atomic E-state index is 12.5. The highest BCUT2D eigenvalue weighted by Gasteiger charge is 2.35. The third kappa shape index (κ3) is 2.18. The number of aliphatic carboxylic acids is 1. The summed E-state index contributed by atoms with van der Waals surface area (Å²) >= 11 is 0. The Hall–Kier alpha value is -1.98. The molecule has 1 aromatic rings. The first-order valence-corrected chi connectivity index (χ1v) is 5.41. The van der Waals surface area contributed by atoms with Crippen LogP contribution in [0.15, 0.2) is 24.3 Å². The molecule has 6 heteroatoms. The molecule has 1 heterocycles. The van der Waals surface area contributed by atoms with Crippen LogP contribution in [0.2, 0.25) is 0 Å². The van der Waals surface area contributed by atoms with Gasteiger partial charge in [0.25, 0.3) is 5.91 Å². The van der Waals surface area contributed by atoms with Gasteiger partial charge in [0, 0.05) is 12.2 Å². The molecule has 18 heavy (non-hydrogen) atoms. The molecular formula is C12H11F2NO3. The second kappa shape index (κ2) is 4.72. The fourth-order valence-corrected chi connectivity index (χ4v) is 2.09. The Morgan fingerprint density at radius 3 is 2.61 bits per heavy atom. The van der Waals surface area contributed by atoms with Crippen molar-refractivity contribution in [1.29, 1.82) is 0 Å². The maximum absolute atomic E-state index is 12.5. The number of rotatable bonds is 2. The van der Waals surface area contributed by atoms with Gasteiger partial charge >= 0.3 is 12.4 Å². The molecule has 0 aromatic heterocycles. The first-order valence-electron chi connectivity index (χ1n) is 5.41. The van der Waals surface area contributed by atoms with Crippen molar-refractivity contribution in [1.82, 2.24) is 0 Å². The summed E-state index contributed by atoms with van der Waals surface area (Å²) in [6.07, 6.45) is -2.89. The smallest absolute Gasteiger partial charge is 0.316 e. The van der Waals surface area contributed by atoms with E-state index in [1.807, 2.05) is 0 Å². The highest BCUT2D eigenvalue weighted by Crippen LogP contribution is 2.30.